The summed E-state index contributed by atoms with van der Waals surface area (Å²) >= 11 is 0. The second-order valence-corrected chi connectivity index (χ2v) is 10.4. The van der Waals surface area contributed by atoms with Gasteiger partial charge in [0.2, 0.25) is 5.91 Å². The van der Waals surface area contributed by atoms with Gasteiger partial charge < -0.3 is 20.6 Å². The van der Waals surface area contributed by atoms with Gasteiger partial charge in [0.1, 0.15) is 17.9 Å². The van der Waals surface area contributed by atoms with Gasteiger partial charge in [-0.2, -0.15) is 5.06 Å². The predicted molar refractivity (Wildman–Crippen MR) is 155 cm³/mol. The SMILES string of the molecule is C[C@@H](O)[C@H]1ON(Cc2ccc(/C=C/c3cccc(O)c3)cc2)[C@@H](C(=O)NCCC2=CN=C3C=CC=CC23)[C@H]1CO. The molecule has 2 aliphatic heterocycles. The molecular weight excluding hydrogens is 506 g/mol. The molecule has 1 fully saturated rings. The number of aliphatic hydroxyl groups is 2. The number of rotatable bonds is 10. The van der Waals surface area contributed by atoms with Gasteiger partial charge in [-0.1, -0.05) is 66.8 Å². The third kappa shape index (κ3) is 6.32. The van der Waals surface area contributed by atoms with E-state index >= 15 is 0 Å². The van der Waals surface area contributed by atoms with Crippen molar-refractivity contribution in [2.75, 3.05) is 13.2 Å². The Kier molecular flexibility index (Phi) is 8.72. The van der Waals surface area contributed by atoms with Crippen molar-refractivity contribution >= 4 is 23.8 Å². The molecule has 1 saturated heterocycles. The fourth-order valence-corrected chi connectivity index (χ4v) is 5.40. The Morgan fingerprint density at radius 1 is 1.15 bits per heavy atom. The summed E-state index contributed by atoms with van der Waals surface area (Å²) in [5.74, 6) is -0.435. The van der Waals surface area contributed by atoms with Gasteiger partial charge in [0.15, 0.2) is 0 Å². The topological polar surface area (TPSA) is 115 Å². The van der Waals surface area contributed by atoms with Crippen LogP contribution in [0.3, 0.4) is 0 Å². The van der Waals surface area contributed by atoms with Crippen molar-refractivity contribution in [2.24, 2.45) is 16.8 Å². The zero-order valence-corrected chi connectivity index (χ0v) is 22.4. The maximum Gasteiger partial charge on any atom is 0.240 e. The van der Waals surface area contributed by atoms with Gasteiger partial charge in [-0.3, -0.25) is 14.6 Å². The summed E-state index contributed by atoms with van der Waals surface area (Å²) in [7, 11) is 0. The number of hydroxylamine groups is 2. The number of aliphatic hydroxyl groups excluding tert-OH is 2. The van der Waals surface area contributed by atoms with Gasteiger partial charge in [-0.25, -0.2) is 0 Å². The van der Waals surface area contributed by atoms with E-state index in [4.69, 9.17) is 4.84 Å². The van der Waals surface area contributed by atoms with Crippen LogP contribution in [0.4, 0.5) is 0 Å². The van der Waals surface area contributed by atoms with Crippen LogP contribution in [-0.4, -0.2) is 63.4 Å². The highest BCUT2D eigenvalue weighted by molar-refractivity contribution is 6.03. The molecule has 0 aromatic heterocycles. The summed E-state index contributed by atoms with van der Waals surface area (Å²) < 4.78 is 0. The number of fused-ring (bicyclic) bond motifs is 1. The number of amides is 1. The summed E-state index contributed by atoms with van der Waals surface area (Å²) in [6, 6.07) is 14.1. The third-order valence-electron chi connectivity index (χ3n) is 7.50. The number of aromatic hydroxyl groups is 1. The molecule has 1 unspecified atom stereocenters. The van der Waals surface area contributed by atoms with Crippen LogP contribution in [0.15, 0.2) is 89.6 Å². The van der Waals surface area contributed by atoms with Crippen molar-refractivity contribution in [3.05, 3.63) is 101 Å². The first-order valence-electron chi connectivity index (χ1n) is 13.6. The van der Waals surface area contributed by atoms with Gasteiger partial charge in [-0.05, 0) is 53.8 Å². The standard InChI is InChI=1S/C32H35N3O5/c1-21(37)31-28(20-36)30(32(39)33-16-15-25-18-34-29-8-3-2-7-27(25)29)35(40-31)19-24-13-10-22(11-14-24)9-12-23-5-4-6-26(38)17-23/h2-14,17-18,21,27-28,30-31,36-38H,15-16,19-20H2,1H3,(H,33,39)/b12-9+/t21-,27?,28-,30-,31-/m1/s1. The molecule has 5 atom stereocenters. The van der Waals surface area contributed by atoms with E-state index < -0.39 is 24.2 Å². The zero-order valence-electron chi connectivity index (χ0n) is 22.4. The van der Waals surface area contributed by atoms with Crippen molar-refractivity contribution in [1.82, 2.24) is 10.4 Å². The molecule has 1 aliphatic carbocycles. The van der Waals surface area contributed by atoms with Crippen molar-refractivity contribution < 1.29 is 25.0 Å². The van der Waals surface area contributed by atoms with E-state index in [0.29, 0.717) is 19.5 Å². The van der Waals surface area contributed by atoms with Crippen LogP contribution < -0.4 is 5.32 Å². The van der Waals surface area contributed by atoms with E-state index in [1.807, 2.05) is 66.9 Å². The molecule has 2 aromatic rings. The number of allylic oxidation sites excluding steroid dienone is 4. The monoisotopic (exact) mass is 541 g/mol. The number of carbonyl (C=O) groups is 1. The predicted octanol–water partition coefficient (Wildman–Crippen LogP) is 3.62. The molecule has 8 nitrogen and oxygen atoms in total. The van der Waals surface area contributed by atoms with Crippen molar-refractivity contribution in [2.45, 2.75) is 38.1 Å². The minimum absolute atomic E-state index is 0.163. The van der Waals surface area contributed by atoms with Crippen LogP contribution in [0.25, 0.3) is 12.2 Å². The fourth-order valence-electron chi connectivity index (χ4n) is 5.40. The first-order valence-corrected chi connectivity index (χ1v) is 13.6. The number of hydrogen-bond donors (Lipinski definition) is 4. The molecule has 0 bridgehead atoms. The lowest BCUT2D eigenvalue weighted by atomic mass is 9.90. The summed E-state index contributed by atoms with van der Waals surface area (Å²) in [6.45, 7) is 2.07. The molecule has 0 spiro atoms. The maximum atomic E-state index is 13.4. The number of aliphatic imine (C=N–C) groups is 1. The van der Waals surface area contributed by atoms with Gasteiger partial charge in [0.05, 0.1) is 25.0 Å². The van der Waals surface area contributed by atoms with Crippen LogP contribution in [0.2, 0.25) is 0 Å². The van der Waals surface area contributed by atoms with Crippen LogP contribution in [0.1, 0.15) is 30.0 Å². The van der Waals surface area contributed by atoms with E-state index in [1.54, 1.807) is 30.2 Å². The first kappa shape index (κ1) is 27.7. The Hall–Kier alpha value is -3.82. The lowest BCUT2D eigenvalue weighted by Crippen LogP contribution is -2.47. The van der Waals surface area contributed by atoms with Crippen LogP contribution in [-0.2, 0) is 16.2 Å². The Morgan fingerprint density at radius 3 is 2.70 bits per heavy atom. The van der Waals surface area contributed by atoms with Crippen molar-refractivity contribution in [3.63, 3.8) is 0 Å². The smallest absolute Gasteiger partial charge is 0.240 e. The second-order valence-electron chi connectivity index (χ2n) is 10.4. The third-order valence-corrected chi connectivity index (χ3v) is 7.50. The Balaban J connectivity index is 1.23. The highest BCUT2D eigenvalue weighted by Crippen LogP contribution is 2.32. The van der Waals surface area contributed by atoms with Crippen molar-refractivity contribution in [1.29, 1.82) is 0 Å². The number of phenols is 1. The molecule has 1 amide bonds. The largest absolute Gasteiger partial charge is 0.508 e. The molecule has 40 heavy (non-hydrogen) atoms. The lowest BCUT2D eigenvalue weighted by molar-refractivity contribution is -0.192. The molecule has 3 aliphatic rings. The number of nitrogens with one attached hydrogen (secondary N) is 1. The number of phenolic OH excluding ortho intramolecular Hbond substituents is 1. The first-order chi connectivity index (χ1) is 19.4. The maximum absolute atomic E-state index is 13.4. The van der Waals surface area contributed by atoms with Gasteiger partial charge in [-0.15, -0.1) is 0 Å². The van der Waals surface area contributed by atoms with E-state index in [-0.39, 0.29) is 24.2 Å². The molecule has 2 heterocycles. The molecule has 208 valence electrons. The summed E-state index contributed by atoms with van der Waals surface area (Å²) in [6.07, 6.45) is 13.0. The normalized spacial score (nSPS) is 24.7. The van der Waals surface area contributed by atoms with E-state index in [0.717, 1.165) is 28.0 Å². The Bertz CT molecular complexity index is 1360. The Morgan fingerprint density at radius 2 is 1.95 bits per heavy atom. The minimum atomic E-state index is -0.854. The number of carbonyl (C=O) groups excluding carboxylic acids is 1. The summed E-state index contributed by atoms with van der Waals surface area (Å²) in [4.78, 5) is 23.9. The number of nitrogens with zero attached hydrogens (tertiary/aromatic N) is 2. The van der Waals surface area contributed by atoms with E-state index in [2.05, 4.69) is 16.4 Å². The van der Waals surface area contributed by atoms with E-state index in [1.165, 1.54) is 0 Å². The molecule has 0 saturated carbocycles. The zero-order chi connectivity index (χ0) is 28.1. The van der Waals surface area contributed by atoms with Crippen LogP contribution >= 0.6 is 0 Å². The summed E-state index contributed by atoms with van der Waals surface area (Å²) in [5, 5.41) is 34.7. The van der Waals surface area contributed by atoms with Gasteiger partial charge in [0.25, 0.3) is 0 Å². The van der Waals surface area contributed by atoms with Gasteiger partial charge >= 0.3 is 0 Å². The number of hydrogen-bond acceptors (Lipinski definition) is 7. The molecule has 5 rings (SSSR count). The van der Waals surface area contributed by atoms with Crippen LogP contribution in [0, 0.1) is 11.8 Å². The van der Waals surface area contributed by atoms with E-state index in [9.17, 15) is 20.1 Å². The second kappa shape index (κ2) is 12.6. The lowest BCUT2D eigenvalue weighted by Gasteiger charge is -2.24. The highest BCUT2D eigenvalue weighted by atomic mass is 16.7. The highest BCUT2D eigenvalue weighted by Gasteiger charge is 2.48. The molecule has 0 radical (unpaired) electrons. The molecule has 8 heteroatoms. The minimum Gasteiger partial charge on any atom is -0.508 e. The van der Waals surface area contributed by atoms with Gasteiger partial charge in [0, 0.05) is 24.6 Å². The molecular formula is C32H35N3O5. The summed E-state index contributed by atoms with van der Waals surface area (Å²) in [5.41, 5.74) is 4.96. The van der Waals surface area contributed by atoms with Crippen LogP contribution in [0.5, 0.6) is 5.75 Å². The average molecular weight is 542 g/mol. The fraction of sp³-hybridized carbons (Fsp3) is 0.312. The average Bonchev–Trinajstić information content (AvgIpc) is 3.54. The van der Waals surface area contributed by atoms with Crippen molar-refractivity contribution in [3.8, 4) is 5.75 Å². The Labute approximate surface area is 234 Å². The molecule has 2 aromatic carbocycles. The molecule has 4 N–H and O–H groups in total. The quantitative estimate of drug-likeness (QED) is 0.342. The number of benzene rings is 2.